The van der Waals surface area contributed by atoms with Crippen LogP contribution in [0.15, 0.2) is 41.0 Å². The molecule has 0 bridgehead atoms. The van der Waals surface area contributed by atoms with E-state index < -0.39 is 0 Å². The first kappa shape index (κ1) is 12.9. The summed E-state index contributed by atoms with van der Waals surface area (Å²) in [6.07, 6.45) is 1.82. The van der Waals surface area contributed by atoms with Crippen LogP contribution in [0.2, 0.25) is 0 Å². The molecule has 94 valence electrons. The largest absolute Gasteiger partial charge is 0.481 e. The second-order valence-electron chi connectivity index (χ2n) is 4.02. The fourth-order valence-electron chi connectivity index (χ4n) is 1.62. The van der Waals surface area contributed by atoms with E-state index in [0.29, 0.717) is 5.88 Å². The van der Waals surface area contributed by atoms with Crippen molar-refractivity contribution in [3.63, 3.8) is 0 Å². The van der Waals surface area contributed by atoms with Gasteiger partial charge < -0.3 is 10.1 Å². The Morgan fingerprint density at radius 1 is 1.28 bits per heavy atom. The number of benzene rings is 1. The Morgan fingerprint density at radius 3 is 2.78 bits per heavy atom. The van der Waals surface area contributed by atoms with Gasteiger partial charge in [-0.2, -0.15) is 0 Å². The summed E-state index contributed by atoms with van der Waals surface area (Å²) in [5.74, 6) is 0.636. The Morgan fingerprint density at radius 2 is 2.11 bits per heavy atom. The van der Waals surface area contributed by atoms with Gasteiger partial charge in [0.05, 0.1) is 7.11 Å². The van der Waals surface area contributed by atoms with Gasteiger partial charge in [0.1, 0.15) is 0 Å². The van der Waals surface area contributed by atoms with E-state index in [4.69, 9.17) is 4.74 Å². The molecule has 0 unspecified atom stereocenters. The highest BCUT2D eigenvalue weighted by Crippen LogP contribution is 2.21. The normalized spacial score (nSPS) is 10.2. The number of nitrogens with one attached hydrogen (secondary N) is 1. The Kier molecular flexibility index (Phi) is 4.20. The van der Waals surface area contributed by atoms with Crippen LogP contribution < -0.4 is 10.1 Å². The first-order chi connectivity index (χ1) is 8.69. The highest BCUT2D eigenvalue weighted by Gasteiger charge is 2.00. The molecule has 0 aliphatic heterocycles. The molecule has 18 heavy (non-hydrogen) atoms. The van der Waals surface area contributed by atoms with Crippen LogP contribution in [-0.4, -0.2) is 12.1 Å². The summed E-state index contributed by atoms with van der Waals surface area (Å²) in [5.41, 5.74) is 3.47. The topological polar surface area (TPSA) is 34.1 Å². The second kappa shape index (κ2) is 5.87. The first-order valence-electron chi connectivity index (χ1n) is 5.68. The molecule has 0 amide bonds. The lowest BCUT2D eigenvalue weighted by molar-refractivity contribution is 0.397. The zero-order chi connectivity index (χ0) is 13.0. The molecule has 1 aromatic heterocycles. The van der Waals surface area contributed by atoms with E-state index in [-0.39, 0.29) is 0 Å². The van der Waals surface area contributed by atoms with E-state index in [0.717, 1.165) is 22.3 Å². The predicted octanol–water partition coefficient (Wildman–Crippen LogP) is 3.77. The van der Waals surface area contributed by atoms with Crippen LogP contribution in [0, 0.1) is 6.92 Å². The van der Waals surface area contributed by atoms with Crippen molar-refractivity contribution in [3.8, 4) is 5.88 Å². The number of methoxy groups -OCH3 is 1. The average Bonchev–Trinajstić information content (AvgIpc) is 2.40. The minimum Gasteiger partial charge on any atom is -0.481 e. The van der Waals surface area contributed by atoms with Crippen molar-refractivity contribution in [2.45, 2.75) is 13.5 Å². The van der Waals surface area contributed by atoms with Crippen LogP contribution in [-0.2, 0) is 6.54 Å². The van der Waals surface area contributed by atoms with Crippen molar-refractivity contribution in [2.75, 3.05) is 12.4 Å². The van der Waals surface area contributed by atoms with Crippen molar-refractivity contribution in [1.82, 2.24) is 4.98 Å². The smallest absolute Gasteiger partial charge is 0.212 e. The van der Waals surface area contributed by atoms with Gasteiger partial charge in [0.15, 0.2) is 0 Å². The Labute approximate surface area is 115 Å². The number of anilines is 1. The van der Waals surface area contributed by atoms with Gasteiger partial charge in [-0.05, 0) is 30.2 Å². The van der Waals surface area contributed by atoms with Crippen molar-refractivity contribution < 1.29 is 4.74 Å². The van der Waals surface area contributed by atoms with Gasteiger partial charge in [0.25, 0.3) is 0 Å². The number of hydrogen-bond donors (Lipinski definition) is 1. The number of ether oxygens (including phenoxy) is 1. The van der Waals surface area contributed by atoms with Gasteiger partial charge in [-0.1, -0.05) is 28.1 Å². The molecule has 1 heterocycles. The molecule has 0 saturated carbocycles. The lowest BCUT2D eigenvalue weighted by Gasteiger charge is -2.10. The minimum absolute atomic E-state index is 0.636. The third-order valence-corrected chi connectivity index (χ3v) is 3.18. The molecule has 3 nitrogen and oxygen atoms in total. The van der Waals surface area contributed by atoms with Gasteiger partial charge in [0, 0.05) is 29.0 Å². The Bertz CT molecular complexity index is 526. The fraction of sp³-hybridized carbons (Fsp3) is 0.214. The van der Waals surface area contributed by atoms with Crippen molar-refractivity contribution >= 4 is 21.6 Å². The number of halogens is 1. The predicted molar refractivity (Wildman–Crippen MR) is 77.0 cm³/mol. The number of aromatic nitrogens is 1. The third kappa shape index (κ3) is 3.23. The molecular formula is C14H15BrN2O. The van der Waals surface area contributed by atoms with Crippen molar-refractivity contribution in [2.24, 2.45) is 0 Å². The van der Waals surface area contributed by atoms with Gasteiger partial charge in [0.2, 0.25) is 5.88 Å². The molecule has 4 heteroatoms. The standard InChI is InChI=1S/C14H15BrN2O/c1-10-3-5-12(15)7-13(10)16-8-11-4-6-14(18-2)17-9-11/h3-7,9,16H,8H2,1-2H3. The van der Waals surface area contributed by atoms with Crippen LogP contribution in [0.25, 0.3) is 0 Å². The number of aryl methyl sites for hydroxylation is 1. The third-order valence-electron chi connectivity index (χ3n) is 2.69. The first-order valence-corrected chi connectivity index (χ1v) is 6.47. The molecule has 1 N–H and O–H groups in total. The van der Waals surface area contributed by atoms with Gasteiger partial charge in [-0.3, -0.25) is 0 Å². The molecule has 1 aromatic carbocycles. The summed E-state index contributed by atoms with van der Waals surface area (Å²) >= 11 is 3.47. The maximum absolute atomic E-state index is 5.03. The summed E-state index contributed by atoms with van der Waals surface area (Å²) in [6, 6.07) is 10.1. The number of rotatable bonds is 4. The average molecular weight is 307 g/mol. The minimum atomic E-state index is 0.636. The van der Waals surface area contributed by atoms with Crippen LogP contribution in [0.3, 0.4) is 0 Å². The maximum atomic E-state index is 5.03. The molecular weight excluding hydrogens is 292 g/mol. The maximum Gasteiger partial charge on any atom is 0.212 e. The number of pyridine rings is 1. The summed E-state index contributed by atoms with van der Waals surface area (Å²) in [6.45, 7) is 2.83. The monoisotopic (exact) mass is 306 g/mol. The summed E-state index contributed by atoms with van der Waals surface area (Å²) in [5, 5.41) is 3.40. The van der Waals surface area contributed by atoms with Crippen molar-refractivity contribution in [1.29, 1.82) is 0 Å². The highest BCUT2D eigenvalue weighted by atomic mass is 79.9. The second-order valence-corrected chi connectivity index (χ2v) is 4.94. The van der Waals surface area contributed by atoms with Crippen LogP contribution in [0.4, 0.5) is 5.69 Å². The fourth-order valence-corrected chi connectivity index (χ4v) is 1.98. The summed E-state index contributed by atoms with van der Waals surface area (Å²) < 4.78 is 6.10. The quantitative estimate of drug-likeness (QED) is 0.933. The van der Waals surface area contributed by atoms with Gasteiger partial charge in [-0.15, -0.1) is 0 Å². The Hall–Kier alpha value is -1.55. The van der Waals surface area contributed by atoms with E-state index in [1.54, 1.807) is 7.11 Å². The zero-order valence-electron chi connectivity index (χ0n) is 10.4. The molecule has 0 fully saturated rings. The molecule has 0 aliphatic rings. The zero-order valence-corrected chi connectivity index (χ0v) is 12.0. The van der Waals surface area contributed by atoms with E-state index in [1.807, 2.05) is 24.4 Å². The van der Waals surface area contributed by atoms with Gasteiger partial charge in [-0.25, -0.2) is 4.98 Å². The van der Waals surface area contributed by atoms with Crippen LogP contribution in [0.5, 0.6) is 5.88 Å². The Balaban J connectivity index is 2.04. The number of nitrogens with zero attached hydrogens (tertiary/aromatic N) is 1. The van der Waals surface area contributed by atoms with E-state index in [2.05, 4.69) is 45.3 Å². The lowest BCUT2D eigenvalue weighted by Crippen LogP contribution is -2.01. The van der Waals surface area contributed by atoms with Gasteiger partial charge >= 0.3 is 0 Å². The SMILES string of the molecule is COc1ccc(CNc2cc(Br)ccc2C)cn1. The molecule has 0 atom stereocenters. The molecule has 0 aliphatic carbocycles. The number of hydrogen-bond acceptors (Lipinski definition) is 3. The van der Waals surface area contributed by atoms with Crippen molar-refractivity contribution in [3.05, 3.63) is 52.1 Å². The van der Waals surface area contributed by atoms with E-state index in [1.165, 1.54) is 5.56 Å². The lowest BCUT2D eigenvalue weighted by atomic mass is 10.2. The van der Waals surface area contributed by atoms with E-state index in [9.17, 15) is 0 Å². The molecule has 2 aromatic rings. The molecule has 0 saturated heterocycles. The molecule has 2 rings (SSSR count). The molecule has 0 radical (unpaired) electrons. The summed E-state index contributed by atoms with van der Waals surface area (Å²) in [4.78, 5) is 4.18. The molecule has 0 spiro atoms. The van der Waals surface area contributed by atoms with E-state index >= 15 is 0 Å². The highest BCUT2D eigenvalue weighted by molar-refractivity contribution is 9.10. The van der Waals surface area contributed by atoms with Crippen LogP contribution >= 0.6 is 15.9 Å². The summed E-state index contributed by atoms with van der Waals surface area (Å²) in [7, 11) is 1.62. The van der Waals surface area contributed by atoms with Crippen LogP contribution in [0.1, 0.15) is 11.1 Å².